The van der Waals surface area contributed by atoms with Gasteiger partial charge in [0.05, 0.1) is 17.7 Å². The molecule has 150 valence electrons. The van der Waals surface area contributed by atoms with Gasteiger partial charge >= 0.3 is 0 Å². The Balaban J connectivity index is 1.52. The molecule has 1 saturated heterocycles. The normalized spacial score (nSPS) is 22.8. The first kappa shape index (κ1) is 19.4. The minimum absolute atomic E-state index is 0.130. The number of ether oxygens (including phenoxy) is 1. The van der Waals surface area contributed by atoms with Crippen molar-refractivity contribution in [1.82, 2.24) is 0 Å². The molecule has 0 unspecified atom stereocenters. The van der Waals surface area contributed by atoms with Crippen molar-refractivity contribution >= 4 is 11.9 Å². The van der Waals surface area contributed by atoms with Gasteiger partial charge in [-0.3, -0.25) is 4.79 Å². The topological polar surface area (TPSA) is 55.4 Å². The molecule has 0 saturated carbocycles. The molecule has 0 bridgehead atoms. The Kier molecular flexibility index (Phi) is 5.79. The predicted octanol–water partition coefficient (Wildman–Crippen LogP) is 0.868. The van der Waals surface area contributed by atoms with Crippen molar-refractivity contribution in [3.8, 4) is 11.5 Å². The van der Waals surface area contributed by atoms with Crippen molar-refractivity contribution < 1.29 is 24.4 Å². The Morgan fingerprint density at radius 1 is 1.03 bits per heavy atom. The van der Waals surface area contributed by atoms with E-state index >= 15 is 0 Å². The van der Waals surface area contributed by atoms with Gasteiger partial charge in [0.2, 0.25) is 5.78 Å². The number of Topliss-reactive ketones (excluding diaryl/α,β-unsaturated/α-hetero) is 1. The Morgan fingerprint density at radius 2 is 1.76 bits per heavy atom. The van der Waals surface area contributed by atoms with E-state index in [1.165, 1.54) is 4.90 Å². The molecule has 2 aromatic rings. The highest BCUT2D eigenvalue weighted by Crippen LogP contribution is 2.38. The first-order valence-corrected chi connectivity index (χ1v) is 10.3. The van der Waals surface area contributed by atoms with Crippen molar-refractivity contribution in [2.45, 2.75) is 13.5 Å². The molecule has 2 aliphatic heterocycles. The van der Waals surface area contributed by atoms with E-state index in [2.05, 4.69) is 6.92 Å². The maximum Gasteiger partial charge on any atom is 0.231 e. The largest absolute Gasteiger partial charge is 0.507 e. The molecular formula is C24H28N2O3+2. The number of hydrogen-bond donors (Lipinski definition) is 3. The van der Waals surface area contributed by atoms with Crippen LogP contribution in [0.1, 0.15) is 28.4 Å². The summed E-state index contributed by atoms with van der Waals surface area (Å²) in [7, 11) is 0. The van der Waals surface area contributed by atoms with Crippen LogP contribution in [-0.4, -0.2) is 43.6 Å². The number of hydrogen-bond acceptors (Lipinski definition) is 3. The number of aromatic hydroxyl groups is 1. The van der Waals surface area contributed by atoms with Gasteiger partial charge < -0.3 is 19.6 Å². The van der Waals surface area contributed by atoms with E-state index in [0.29, 0.717) is 23.6 Å². The number of fused-ring (bicyclic) bond motifs is 1. The molecule has 2 aromatic carbocycles. The van der Waals surface area contributed by atoms with Crippen LogP contribution >= 0.6 is 0 Å². The van der Waals surface area contributed by atoms with Crippen LogP contribution in [0.2, 0.25) is 0 Å². The summed E-state index contributed by atoms with van der Waals surface area (Å²) in [4.78, 5) is 15.8. The Bertz CT molecular complexity index is 942. The number of quaternary nitrogens is 2. The average Bonchev–Trinajstić information content (AvgIpc) is 3.07. The molecular weight excluding hydrogens is 364 g/mol. The highest BCUT2D eigenvalue weighted by Gasteiger charge is 2.33. The summed E-state index contributed by atoms with van der Waals surface area (Å²) in [5, 5.41) is 10.5. The maximum absolute atomic E-state index is 12.8. The molecule has 29 heavy (non-hydrogen) atoms. The maximum atomic E-state index is 12.8. The fourth-order valence-corrected chi connectivity index (χ4v) is 4.03. The van der Waals surface area contributed by atoms with Crippen molar-refractivity contribution in [2.24, 2.45) is 0 Å². The molecule has 0 amide bonds. The number of piperazine rings is 1. The van der Waals surface area contributed by atoms with E-state index in [1.54, 1.807) is 23.1 Å². The summed E-state index contributed by atoms with van der Waals surface area (Å²) in [5.74, 6) is 0.894. The van der Waals surface area contributed by atoms with Crippen molar-refractivity contribution in [2.75, 3.05) is 32.7 Å². The van der Waals surface area contributed by atoms with Gasteiger partial charge in [-0.15, -0.1) is 0 Å². The summed E-state index contributed by atoms with van der Waals surface area (Å²) in [6.07, 6.45) is 5.46. The molecule has 5 heteroatoms. The first-order chi connectivity index (χ1) is 14.2. The summed E-state index contributed by atoms with van der Waals surface area (Å²) in [5.41, 5.74) is 2.33. The molecule has 0 aromatic heterocycles. The van der Waals surface area contributed by atoms with Gasteiger partial charge in [0.15, 0.2) is 11.5 Å². The van der Waals surface area contributed by atoms with E-state index in [-0.39, 0.29) is 11.5 Å². The smallest absolute Gasteiger partial charge is 0.231 e. The minimum atomic E-state index is -0.130. The fraction of sp³-hybridized carbons (Fsp3) is 0.292. The van der Waals surface area contributed by atoms with Gasteiger partial charge in [-0.1, -0.05) is 42.5 Å². The van der Waals surface area contributed by atoms with Crippen LogP contribution in [0.5, 0.6) is 11.5 Å². The highest BCUT2D eigenvalue weighted by molar-refractivity contribution is 6.12. The van der Waals surface area contributed by atoms with Crippen molar-refractivity contribution in [3.63, 3.8) is 0 Å². The zero-order chi connectivity index (χ0) is 20.2. The first-order valence-electron chi connectivity index (χ1n) is 10.3. The average molecular weight is 392 g/mol. The van der Waals surface area contributed by atoms with Gasteiger partial charge in [0.25, 0.3) is 0 Å². The third-order valence-electron chi connectivity index (χ3n) is 5.84. The van der Waals surface area contributed by atoms with E-state index in [9.17, 15) is 9.90 Å². The van der Waals surface area contributed by atoms with Crippen LogP contribution in [0.4, 0.5) is 0 Å². The molecule has 0 aliphatic carbocycles. The fourth-order valence-electron chi connectivity index (χ4n) is 4.03. The van der Waals surface area contributed by atoms with Crippen LogP contribution in [0.25, 0.3) is 6.08 Å². The molecule has 3 N–H and O–H groups in total. The third kappa shape index (κ3) is 4.26. The van der Waals surface area contributed by atoms with Crippen LogP contribution in [0.3, 0.4) is 0 Å². The number of carbonyl (C=O) groups excluding carboxylic acids is 1. The SMILES string of the molecule is CC[NH+]1CC[NH+](Cc2c(O)ccc3c2O/C(=C\C=C\c2ccccc2)C3=O)CC1. The molecule has 4 rings (SSSR count). The number of rotatable bonds is 5. The zero-order valence-corrected chi connectivity index (χ0v) is 16.8. The number of phenolic OH excluding ortho intramolecular Hbond substituents is 1. The van der Waals surface area contributed by atoms with Gasteiger partial charge in [-0.05, 0) is 30.7 Å². The van der Waals surface area contributed by atoms with E-state index < -0.39 is 0 Å². The monoisotopic (exact) mass is 392 g/mol. The van der Waals surface area contributed by atoms with E-state index in [1.807, 2.05) is 42.5 Å². The Morgan fingerprint density at radius 3 is 2.48 bits per heavy atom. The number of nitrogens with one attached hydrogen (secondary N) is 2. The van der Waals surface area contributed by atoms with Gasteiger partial charge in [0.1, 0.15) is 38.5 Å². The highest BCUT2D eigenvalue weighted by atomic mass is 16.5. The predicted molar refractivity (Wildman–Crippen MR) is 112 cm³/mol. The second kappa shape index (κ2) is 8.64. The molecule has 0 atom stereocenters. The second-order valence-electron chi connectivity index (χ2n) is 7.70. The summed E-state index contributed by atoms with van der Waals surface area (Å²) < 4.78 is 5.93. The molecule has 2 heterocycles. The lowest BCUT2D eigenvalue weighted by atomic mass is 10.0. The molecule has 1 fully saturated rings. The lowest BCUT2D eigenvalue weighted by Crippen LogP contribution is -3.27. The Labute approximate surface area is 171 Å². The molecule has 5 nitrogen and oxygen atoms in total. The molecule has 0 radical (unpaired) electrons. The molecule has 0 spiro atoms. The Hall–Kier alpha value is -2.89. The lowest BCUT2D eigenvalue weighted by Gasteiger charge is -2.29. The number of carbonyl (C=O) groups is 1. The van der Waals surface area contributed by atoms with Gasteiger partial charge in [0, 0.05) is 0 Å². The van der Waals surface area contributed by atoms with Crippen molar-refractivity contribution in [1.29, 1.82) is 0 Å². The molecule has 2 aliphatic rings. The zero-order valence-electron chi connectivity index (χ0n) is 16.8. The quantitative estimate of drug-likeness (QED) is 0.662. The number of benzene rings is 2. The summed E-state index contributed by atoms with van der Waals surface area (Å²) >= 11 is 0. The number of ketones is 1. The third-order valence-corrected chi connectivity index (χ3v) is 5.84. The van der Waals surface area contributed by atoms with Crippen LogP contribution in [0.15, 0.2) is 60.4 Å². The number of allylic oxidation sites excluding steroid dienone is 3. The standard InChI is InChI=1S/C24H26N2O3/c1-2-25-13-15-26(16-14-25)17-20-21(27)12-11-19-23(28)22(29-24(19)20)10-6-9-18-7-4-3-5-8-18/h3-12,27H,2,13-17H2,1H3/p+2/b9-6+,22-10-. The van der Waals surface area contributed by atoms with Gasteiger partial charge in [-0.2, -0.15) is 0 Å². The second-order valence-corrected chi connectivity index (χ2v) is 7.70. The number of phenols is 1. The van der Waals surface area contributed by atoms with Crippen molar-refractivity contribution in [3.05, 3.63) is 77.1 Å². The minimum Gasteiger partial charge on any atom is -0.507 e. The lowest BCUT2D eigenvalue weighted by molar-refractivity contribution is -1.02. The van der Waals surface area contributed by atoms with Crippen LogP contribution < -0.4 is 14.5 Å². The van der Waals surface area contributed by atoms with Crippen LogP contribution in [-0.2, 0) is 6.54 Å². The number of likely N-dealkylation sites (N-methyl/N-ethyl adjacent to an activating group) is 1. The summed E-state index contributed by atoms with van der Waals surface area (Å²) in [6.45, 7) is 8.43. The van der Waals surface area contributed by atoms with Gasteiger partial charge in [-0.25, -0.2) is 0 Å². The summed E-state index contributed by atoms with van der Waals surface area (Å²) in [6, 6.07) is 13.2. The van der Waals surface area contributed by atoms with E-state index in [0.717, 1.165) is 43.9 Å². The van der Waals surface area contributed by atoms with Crippen LogP contribution in [0, 0.1) is 0 Å². The van der Waals surface area contributed by atoms with E-state index in [4.69, 9.17) is 4.74 Å².